The highest BCUT2D eigenvalue weighted by Gasteiger charge is 2.44. The Kier molecular flexibility index (Phi) is 22.6. The quantitative estimate of drug-likeness (QED) is 0.0685. The molecule has 1 heterocycles. The van der Waals surface area contributed by atoms with Gasteiger partial charge in [-0.15, -0.1) is 0 Å². The van der Waals surface area contributed by atoms with E-state index in [-0.39, 0.29) is 12.5 Å². The summed E-state index contributed by atoms with van der Waals surface area (Å²) in [6.07, 6.45) is 15.8. The van der Waals surface area contributed by atoms with E-state index in [1.54, 1.807) is 6.08 Å². The lowest BCUT2D eigenvalue weighted by Gasteiger charge is -2.40. The predicted molar refractivity (Wildman–Crippen MR) is 161 cm³/mol. The summed E-state index contributed by atoms with van der Waals surface area (Å²) in [6, 6.07) is -0.793. The smallest absolute Gasteiger partial charge is 0.220 e. The molecule has 0 bridgehead atoms. The van der Waals surface area contributed by atoms with Gasteiger partial charge < -0.3 is 40.3 Å². The van der Waals surface area contributed by atoms with Crippen molar-refractivity contribution in [2.24, 2.45) is 0 Å². The minimum absolute atomic E-state index is 0.186. The maximum atomic E-state index is 12.6. The van der Waals surface area contributed by atoms with Crippen LogP contribution in [-0.2, 0) is 14.3 Å². The molecule has 1 rings (SSSR count). The third-order valence-electron chi connectivity index (χ3n) is 7.86. The van der Waals surface area contributed by atoms with E-state index in [0.29, 0.717) is 6.42 Å². The van der Waals surface area contributed by atoms with Crippen LogP contribution in [0.2, 0.25) is 0 Å². The van der Waals surface area contributed by atoms with E-state index < -0.39 is 49.5 Å². The molecule has 7 atom stereocenters. The molecule has 1 amide bonds. The Hall–Kier alpha value is -1.07. The SMILES string of the molecule is CCCCCCCCCCCCC/C=C/[C@@H](O)[C@H](CO[C@@H]1O[C@H](CO)[C@H](O)C(O)C1O)NC(=O)CCCCCCC. The number of amides is 1. The number of unbranched alkanes of at least 4 members (excludes halogenated alkanes) is 15. The second kappa shape index (κ2) is 24.4. The van der Waals surface area contributed by atoms with Crippen LogP contribution < -0.4 is 5.32 Å². The highest BCUT2D eigenvalue weighted by atomic mass is 16.7. The van der Waals surface area contributed by atoms with Gasteiger partial charge in [0, 0.05) is 6.42 Å². The molecule has 242 valence electrons. The standard InChI is InChI=1S/C32H61NO8/c1-3-5-7-9-10-11-12-13-14-15-16-18-19-21-26(35)25(33-28(36)22-20-17-8-6-4-2)24-40-32-31(39)30(38)29(37)27(23-34)41-32/h19,21,25-27,29-32,34-35,37-39H,3-18,20,22-24H2,1-2H3,(H,33,36)/b21-19+/t25-,26+,27+,29-,30?,31?,32+/m0/s1. The Bertz CT molecular complexity index is 662. The molecule has 0 radical (unpaired) electrons. The molecular weight excluding hydrogens is 526 g/mol. The number of aliphatic hydroxyl groups excluding tert-OH is 5. The van der Waals surface area contributed by atoms with E-state index in [4.69, 9.17) is 9.47 Å². The average molecular weight is 588 g/mol. The maximum Gasteiger partial charge on any atom is 0.220 e. The normalized spacial score (nSPS) is 24.5. The van der Waals surface area contributed by atoms with Crippen molar-refractivity contribution >= 4 is 5.91 Å². The van der Waals surface area contributed by atoms with Crippen molar-refractivity contribution in [1.82, 2.24) is 5.32 Å². The first kappa shape index (κ1) is 38.0. The summed E-state index contributed by atoms with van der Waals surface area (Å²) < 4.78 is 11.0. The topological polar surface area (TPSA) is 149 Å². The van der Waals surface area contributed by atoms with E-state index in [9.17, 15) is 30.3 Å². The molecule has 0 aromatic carbocycles. The average Bonchev–Trinajstić information content (AvgIpc) is 2.97. The summed E-state index contributed by atoms with van der Waals surface area (Å²) in [5.41, 5.74) is 0. The Morgan fingerprint density at radius 1 is 0.805 bits per heavy atom. The fourth-order valence-electron chi connectivity index (χ4n) is 5.09. The minimum atomic E-state index is -1.56. The lowest BCUT2D eigenvalue weighted by molar-refractivity contribution is -0.302. The lowest BCUT2D eigenvalue weighted by Crippen LogP contribution is -2.60. The zero-order chi connectivity index (χ0) is 30.3. The molecule has 9 heteroatoms. The molecule has 0 saturated carbocycles. The predicted octanol–water partition coefficient (Wildman–Crippen LogP) is 4.27. The molecule has 9 nitrogen and oxygen atoms in total. The van der Waals surface area contributed by atoms with Gasteiger partial charge in [0.05, 0.1) is 25.4 Å². The van der Waals surface area contributed by atoms with Gasteiger partial charge in [0.1, 0.15) is 24.4 Å². The molecule has 2 unspecified atom stereocenters. The van der Waals surface area contributed by atoms with Crippen LogP contribution in [0.5, 0.6) is 0 Å². The first-order valence-electron chi connectivity index (χ1n) is 16.4. The van der Waals surface area contributed by atoms with Gasteiger partial charge >= 0.3 is 0 Å². The fraction of sp³-hybridized carbons (Fsp3) is 0.906. The Balaban J connectivity index is 2.50. The zero-order valence-corrected chi connectivity index (χ0v) is 25.8. The van der Waals surface area contributed by atoms with Crippen molar-refractivity contribution < 1.29 is 39.8 Å². The number of ether oxygens (including phenoxy) is 2. The Labute approximate surface area is 248 Å². The van der Waals surface area contributed by atoms with Gasteiger partial charge in [0.15, 0.2) is 6.29 Å². The number of nitrogens with one attached hydrogen (secondary N) is 1. The van der Waals surface area contributed by atoms with Crippen LogP contribution in [0.25, 0.3) is 0 Å². The van der Waals surface area contributed by atoms with Crippen molar-refractivity contribution in [2.75, 3.05) is 13.2 Å². The van der Waals surface area contributed by atoms with Gasteiger partial charge in [-0.05, 0) is 19.3 Å². The Morgan fingerprint density at radius 3 is 1.90 bits per heavy atom. The van der Waals surface area contributed by atoms with Crippen molar-refractivity contribution in [3.8, 4) is 0 Å². The van der Waals surface area contributed by atoms with E-state index >= 15 is 0 Å². The first-order chi connectivity index (χ1) is 19.8. The van der Waals surface area contributed by atoms with Crippen LogP contribution in [0.3, 0.4) is 0 Å². The van der Waals surface area contributed by atoms with Crippen LogP contribution in [0.15, 0.2) is 12.2 Å². The van der Waals surface area contributed by atoms with E-state index in [0.717, 1.165) is 51.4 Å². The number of carbonyl (C=O) groups is 1. The van der Waals surface area contributed by atoms with Gasteiger partial charge in [0.25, 0.3) is 0 Å². The van der Waals surface area contributed by atoms with Crippen LogP contribution >= 0.6 is 0 Å². The second-order valence-corrected chi connectivity index (χ2v) is 11.6. The summed E-state index contributed by atoms with van der Waals surface area (Å²) in [5.74, 6) is -0.193. The Morgan fingerprint density at radius 2 is 1.34 bits per heavy atom. The molecule has 0 aromatic rings. The highest BCUT2D eigenvalue weighted by Crippen LogP contribution is 2.22. The van der Waals surface area contributed by atoms with Gasteiger partial charge in [-0.1, -0.05) is 116 Å². The summed E-state index contributed by atoms with van der Waals surface area (Å²) in [5, 5.41) is 53.4. The zero-order valence-electron chi connectivity index (χ0n) is 25.8. The molecule has 6 N–H and O–H groups in total. The summed E-state index contributed by atoms with van der Waals surface area (Å²) >= 11 is 0. The molecule has 0 aromatic heterocycles. The number of allylic oxidation sites excluding steroid dienone is 1. The van der Waals surface area contributed by atoms with Crippen molar-refractivity contribution in [3.63, 3.8) is 0 Å². The van der Waals surface area contributed by atoms with Gasteiger partial charge in [-0.25, -0.2) is 0 Å². The third-order valence-corrected chi connectivity index (χ3v) is 7.86. The number of carbonyl (C=O) groups excluding carboxylic acids is 1. The monoisotopic (exact) mass is 587 g/mol. The van der Waals surface area contributed by atoms with Crippen LogP contribution in [-0.4, -0.2) is 87.5 Å². The largest absolute Gasteiger partial charge is 0.394 e. The molecule has 1 fully saturated rings. The van der Waals surface area contributed by atoms with Crippen molar-refractivity contribution in [3.05, 3.63) is 12.2 Å². The third kappa shape index (κ3) is 17.0. The van der Waals surface area contributed by atoms with E-state index in [2.05, 4.69) is 19.2 Å². The van der Waals surface area contributed by atoms with E-state index in [1.165, 1.54) is 57.8 Å². The lowest BCUT2D eigenvalue weighted by atomic mass is 9.99. The van der Waals surface area contributed by atoms with Crippen molar-refractivity contribution in [1.29, 1.82) is 0 Å². The molecular formula is C32H61NO8. The number of hydrogen-bond acceptors (Lipinski definition) is 8. The first-order valence-corrected chi connectivity index (χ1v) is 16.4. The molecule has 0 spiro atoms. The number of rotatable bonds is 25. The minimum Gasteiger partial charge on any atom is -0.394 e. The molecule has 1 aliphatic rings. The summed E-state index contributed by atoms with van der Waals surface area (Å²) in [6.45, 7) is 3.63. The van der Waals surface area contributed by atoms with E-state index in [1.807, 2.05) is 6.08 Å². The van der Waals surface area contributed by atoms with Crippen LogP contribution in [0.4, 0.5) is 0 Å². The number of hydrogen-bond donors (Lipinski definition) is 6. The fourth-order valence-corrected chi connectivity index (χ4v) is 5.09. The molecule has 1 saturated heterocycles. The van der Waals surface area contributed by atoms with Crippen LogP contribution in [0, 0.1) is 0 Å². The molecule has 41 heavy (non-hydrogen) atoms. The molecule has 1 aliphatic heterocycles. The summed E-state index contributed by atoms with van der Waals surface area (Å²) in [7, 11) is 0. The van der Waals surface area contributed by atoms with Gasteiger partial charge in [-0.2, -0.15) is 0 Å². The summed E-state index contributed by atoms with van der Waals surface area (Å²) in [4.78, 5) is 12.6. The van der Waals surface area contributed by atoms with Gasteiger partial charge in [0.2, 0.25) is 5.91 Å². The second-order valence-electron chi connectivity index (χ2n) is 11.6. The van der Waals surface area contributed by atoms with Gasteiger partial charge in [-0.3, -0.25) is 4.79 Å². The van der Waals surface area contributed by atoms with Crippen molar-refractivity contribution in [2.45, 2.75) is 172 Å². The van der Waals surface area contributed by atoms with Crippen LogP contribution in [0.1, 0.15) is 129 Å². The highest BCUT2D eigenvalue weighted by molar-refractivity contribution is 5.76. The number of aliphatic hydroxyl groups is 5. The molecule has 0 aliphatic carbocycles. The maximum absolute atomic E-state index is 12.6.